The first-order valence-electron chi connectivity index (χ1n) is 4.27. The maximum atomic E-state index is 5.75. The number of nitrogens with two attached hydrogens (primary N) is 1. The molecule has 0 bridgehead atoms. The molecule has 5 heteroatoms. The van der Waals surface area contributed by atoms with Crippen LogP contribution in [0.1, 0.15) is 11.5 Å². The number of nitrogen functional groups attached to an aromatic ring is 1. The van der Waals surface area contributed by atoms with Gasteiger partial charge in [0.15, 0.2) is 0 Å². The van der Waals surface area contributed by atoms with Crippen LogP contribution in [0.2, 0.25) is 5.02 Å². The number of hydrogen-bond donors (Lipinski definition) is 1. The van der Waals surface area contributed by atoms with E-state index in [9.17, 15) is 0 Å². The number of rotatable bonds is 2. The van der Waals surface area contributed by atoms with Gasteiger partial charge in [0.1, 0.15) is 0 Å². The molecule has 2 rings (SSSR count). The summed E-state index contributed by atoms with van der Waals surface area (Å²) >= 11 is 5.75. The summed E-state index contributed by atoms with van der Waals surface area (Å²) in [6.45, 7) is 0. The van der Waals surface area contributed by atoms with Crippen LogP contribution in [-0.4, -0.2) is 10.2 Å². The first kappa shape index (κ1) is 9.73. The Balaban J connectivity index is 2.14. The molecule has 2 N–H and O–H groups in total. The fourth-order valence-corrected chi connectivity index (χ4v) is 1.18. The van der Waals surface area contributed by atoms with Gasteiger partial charge in [0.2, 0.25) is 5.89 Å². The monoisotopic (exact) mass is 221 g/mol. The molecule has 1 heterocycles. The quantitative estimate of drug-likeness (QED) is 0.846. The van der Waals surface area contributed by atoms with E-state index < -0.39 is 0 Å². The highest BCUT2D eigenvalue weighted by Crippen LogP contribution is 2.12. The van der Waals surface area contributed by atoms with Crippen LogP contribution in [-0.2, 0) is 0 Å². The van der Waals surface area contributed by atoms with E-state index in [0.29, 0.717) is 10.9 Å². The van der Waals surface area contributed by atoms with Crippen LogP contribution in [0.25, 0.3) is 12.2 Å². The van der Waals surface area contributed by atoms with Gasteiger partial charge in [-0.2, -0.15) is 0 Å². The van der Waals surface area contributed by atoms with Gasteiger partial charge in [-0.25, -0.2) is 0 Å². The van der Waals surface area contributed by atoms with Crippen molar-refractivity contribution in [2.75, 3.05) is 5.73 Å². The fourth-order valence-electron chi connectivity index (χ4n) is 1.06. The molecule has 4 nitrogen and oxygen atoms in total. The Morgan fingerprint density at radius 1 is 1.13 bits per heavy atom. The van der Waals surface area contributed by atoms with E-state index >= 15 is 0 Å². The van der Waals surface area contributed by atoms with Crippen LogP contribution >= 0.6 is 11.6 Å². The van der Waals surface area contributed by atoms with Gasteiger partial charge in [-0.05, 0) is 23.8 Å². The average molecular weight is 222 g/mol. The predicted octanol–water partition coefficient (Wildman–Crippen LogP) is 2.48. The summed E-state index contributed by atoms with van der Waals surface area (Å²) in [4.78, 5) is 0. The van der Waals surface area contributed by atoms with E-state index in [1.54, 1.807) is 6.08 Å². The lowest BCUT2D eigenvalue weighted by Crippen LogP contribution is -1.81. The molecular formula is C10H8ClN3O. The van der Waals surface area contributed by atoms with Crippen molar-refractivity contribution < 1.29 is 4.42 Å². The van der Waals surface area contributed by atoms with Crippen LogP contribution in [0.5, 0.6) is 0 Å². The highest BCUT2D eigenvalue weighted by Gasteiger charge is 1.96. The van der Waals surface area contributed by atoms with E-state index in [1.807, 2.05) is 30.3 Å². The van der Waals surface area contributed by atoms with Crippen molar-refractivity contribution in [2.24, 2.45) is 0 Å². The molecule has 15 heavy (non-hydrogen) atoms. The molecule has 0 amide bonds. The van der Waals surface area contributed by atoms with Crippen molar-refractivity contribution in [3.05, 3.63) is 40.7 Å². The van der Waals surface area contributed by atoms with Gasteiger partial charge in [0.05, 0.1) is 0 Å². The summed E-state index contributed by atoms with van der Waals surface area (Å²) in [5, 5.41) is 7.93. The summed E-state index contributed by atoms with van der Waals surface area (Å²) in [7, 11) is 0. The Bertz CT molecular complexity index is 476. The van der Waals surface area contributed by atoms with Gasteiger partial charge >= 0.3 is 6.01 Å². The minimum Gasteiger partial charge on any atom is -0.404 e. The molecule has 0 aliphatic rings. The van der Waals surface area contributed by atoms with E-state index in [4.69, 9.17) is 21.8 Å². The number of hydrogen-bond acceptors (Lipinski definition) is 4. The second kappa shape index (κ2) is 4.14. The van der Waals surface area contributed by atoms with Crippen LogP contribution in [0.3, 0.4) is 0 Å². The number of anilines is 1. The Hall–Kier alpha value is -1.81. The normalized spacial score (nSPS) is 11.0. The van der Waals surface area contributed by atoms with Gasteiger partial charge in [-0.1, -0.05) is 28.8 Å². The first-order chi connectivity index (χ1) is 7.24. The van der Waals surface area contributed by atoms with E-state index in [0.717, 1.165) is 5.56 Å². The molecule has 0 saturated heterocycles. The topological polar surface area (TPSA) is 64.9 Å². The van der Waals surface area contributed by atoms with Crippen LogP contribution in [0, 0.1) is 0 Å². The van der Waals surface area contributed by atoms with Gasteiger partial charge in [-0.15, -0.1) is 5.10 Å². The standard InChI is InChI=1S/C10H8ClN3O/c11-8-4-1-7(2-5-8)3-6-9-13-14-10(12)15-9/h1-6H,(H2,12,14)/b6-3+. The minimum atomic E-state index is 0.0609. The lowest BCUT2D eigenvalue weighted by atomic mass is 10.2. The van der Waals surface area contributed by atoms with Gasteiger partial charge in [0.25, 0.3) is 0 Å². The zero-order valence-electron chi connectivity index (χ0n) is 7.72. The van der Waals surface area contributed by atoms with Crippen molar-refractivity contribution in [2.45, 2.75) is 0 Å². The number of aromatic nitrogens is 2. The Morgan fingerprint density at radius 2 is 1.87 bits per heavy atom. The third-order valence-electron chi connectivity index (χ3n) is 1.74. The molecule has 0 atom stereocenters. The van der Waals surface area contributed by atoms with Crippen molar-refractivity contribution >= 4 is 29.8 Å². The Labute approximate surface area is 91.4 Å². The molecule has 0 aliphatic heterocycles. The summed E-state index contributed by atoms with van der Waals surface area (Å²) in [6.07, 6.45) is 3.52. The highest BCUT2D eigenvalue weighted by molar-refractivity contribution is 6.30. The predicted molar refractivity (Wildman–Crippen MR) is 59.1 cm³/mol. The van der Waals surface area contributed by atoms with Gasteiger partial charge in [0, 0.05) is 11.1 Å². The number of benzene rings is 1. The zero-order chi connectivity index (χ0) is 10.7. The lowest BCUT2D eigenvalue weighted by Gasteiger charge is -1.91. The van der Waals surface area contributed by atoms with Crippen molar-refractivity contribution in [1.29, 1.82) is 0 Å². The third kappa shape index (κ3) is 2.57. The van der Waals surface area contributed by atoms with Crippen molar-refractivity contribution in [3.63, 3.8) is 0 Å². The molecular weight excluding hydrogens is 214 g/mol. The molecule has 0 spiro atoms. The molecule has 1 aromatic carbocycles. The summed E-state index contributed by atoms with van der Waals surface area (Å²) in [5.74, 6) is 0.377. The second-order valence-corrected chi connectivity index (χ2v) is 3.30. The van der Waals surface area contributed by atoms with E-state index in [-0.39, 0.29) is 6.01 Å². The summed E-state index contributed by atoms with van der Waals surface area (Å²) in [6, 6.07) is 7.45. The number of halogens is 1. The molecule has 0 fully saturated rings. The second-order valence-electron chi connectivity index (χ2n) is 2.86. The fraction of sp³-hybridized carbons (Fsp3) is 0. The van der Waals surface area contributed by atoms with Crippen molar-refractivity contribution in [3.8, 4) is 0 Å². The Morgan fingerprint density at radius 3 is 2.47 bits per heavy atom. The van der Waals surface area contributed by atoms with E-state index in [1.165, 1.54) is 0 Å². The first-order valence-corrected chi connectivity index (χ1v) is 4.64. The summed E-state index contributed by atoms with van der Waals surface area (Å²) < 4.78 is 4.97. The molecule has 0 aliphatic carbocycles. The van der Waals surface area contributed by atoms with Crippen LogP contribution in [0.15, 0.2) is 28.7 Å². The maximum Gasteiger partial charge on any atom is 0.313 e. The zero-order valence-corrected chi connectivity index (χ0v) is 8.48. The largest absolute Gasteiger partial charge is 0.404 e. The van der Waals surface area contributed by atoms with Crippen LogP contribution < -0.4 is 5.73 Å². The van der Waals surface area contributed by atoms with Gasteiger partial charge < -0.3 is 10.2 Å². The lowest BCUT2D eigenvalue weighted by molar-refractivity contribution is 0.563. The highest BCUT2D eigenvalue weighted by atomic mass is 35.5. The van der Waals surface area contributed by atoms with Crippen LogP contribution in [0.4, 0.5) is 6.01 Å². The molecule has 76 valence electrons. The Kier molecular flexibility index (Phi) is 2.69. The SMILES string of the molecule is Nc1nnc(/C=C/c2ccc(Cl)cc2)o1. The number of nitrogens with zero attached hydrogens (tertiary/aromatic N) is 2. The van der Waals surface area contributed by atoms with Gasteiger partial charge in [-0.3, -0.25) is 0 Å². The third-order valence-corrected chi connectivity index (χ3v) is 2.00. The van der Waals surface area contributed by atoms with Crippen molar-refractivity contribution in [1.82, 2.24) is 10.2 Å². The molecule has 1 aromatic heterocycles. The maximum absolute atomic E-state index is 5.75. The smallest absolute Gasteiger partial charge is 0.313 e. The average Bonchev–Trinajstić information content (AvgIpc) is 2.64. The minimum absolute atomic E-state index is 0.0609. The van der Waals surface area contributed by atoms with E-state index in [2.05, 4.69) is 10.2 Å². The summed E-state index contributed by atoms with van der Waals surface area (Å²) in [5.41, 5.74) is 6.27. The molecule has 0 saturated carbocycles. The molecule has 0 radical (unpaired) electrons. The molecule has 0 unspecified atom stereocenters. The molecule has 2 aromatic rings.